The summed E-state index contributed by atoms with van der Waals surface area (Å²) in [5.74, 6) is -0.222. The number of carbonyl (C=O) groups is 1. The first kappa shape index (κ1) is 23.6. The smallest absolute Gasteiger partial charge is 0.417 e. The molecule has 0 atom stereocenters. The highest BCUT2D eigenvalue weighted by atomic mass is 32.2. The van der Waals surface area contributed by atoms with Gasteiger partial charge in [0, 0.05) is 11.8 Å². The van der Waals surface area contributed by atoms with Crippen molar-refractivity contribution in [3.63, 3.8) is 0 Å². The normalized spacial score (nSPS) is 11.4. The number of hydrogen-bond acceptors (Lipinski definition) is 5. The number of nitriles is 1. The molecule has 0 unspecified atom stereocenters. The highest BCUT2D eigenvalue weighted by molar-refractivity contribution is 7.92. The molecular weight excluding hydrogens is 459 g/mol. The second-order valence-electron chi connectivity index (χ2n) is 6.66. The standard InChI is InChI=1S/C22H16F3N3O4S/c1-32-16-6-4-5-15(12-16)27-21(29)17-7-2-3-8-19(17)28-33(30,31)20-10-9-14(13-26)11-18(20)22(23,24)25/h2-12,28H,1H3,(H,27,29). The molecule has 11 heteroatoms. The number of amides is 1. The first-order valence-corrected chi connectivity index (χ1v) is 10.7. The maximum Gasteiger partial charge on any atom is 0.417 e. The third kappa shape index (κ3) is 5.42. The third-order valence-electron chi connectivity index (χ3n) is 4.45. The lowest BCUT2D eigenvalue weighted by molar-refractivity contribution is -0.139. The van der Waals surface area contributed by atoms with Crippen molar-refractivity contribution in [2.24, 2.45) is 0 Å². The second kappa shape index (κ2) is 9.22. The molecule has 0 aliphatic carbocycles. The average Bonchev–Trinajstić information content (AvgIpc) is 2.78. The Kier molecular flexibility index (Phi) is 6.60. The van der Waals surface area contributed by atoms with E-state index in [0.29, 0.717) is 23.6 Å². The van der Waals surface area contributed by atoms with E-state index in [1.807, 2.05) is 4.72 Å². The molecule has 2 N–H and O–H groups in total. The fourth-order valence-corrected chi connectivity index (χ4v) is 4.21. The zero-order valence-corrected chi connectivity index (χ0v) is 17.8. The van der Waals surface area contributed by atoms with Gasteiger partial charge in [0.25, 0.3) is 15.9 Å². The Bertz CT molecular complexity index is 1350. The summed E-state index contributed by atoms with van der Waals surface area (Å²) >= 11 is 0. The molecule has 0 bridgehead atoms. The Morgan fingerprint density at radius 2 is 1.76 bits per heavy atom. The highest BCUT2D eigenvalue weighted by Gasteiger charge is 2.38. The van der Waals surface area contributed by atoms with Crippen LogP contribution < -0.4 is 14.8 Å². The van der Waals surface area contributed by atoms with Gasteiger partial charge < -0.3 is 10.1 Å². The van der Waals surface area contributed by atoms with Crippen LogP contribution in [0, 0.1) is 11.3 Å². The van der Waals surface area contributed by atoms with Gasteiger partial charge in [0.05, 0.1) is 40.5 Å². The van der Waals surface area contributed by atoms with Crippen LogP contribution in [-0.4, -0.2) is 21.4 Å². The Labute approximate surface area is 187 Å². The van der Waals surface area contributed by atoms with Gasteiger partial charge in [-0.3, -0.25) is 9.52 Å². The highest BCUT2D eigenvalue weighted by Crippen LogP contribution is 2.35. The maximum absolute atomic E-state index is 13.5. The molecular formula is C22H16F3N3O4S. The summed E-state index contributed by atoms with van der Waals surface area (Å²) in [5, 5.41) is 11.5. The molecule has 0 spiro atoms. The van der Waals surface area contributed by atoms with Crippen molar-refractivity contribution in [2.45, 2.75) is 11.1 Å². The predicted molar refractivity (Wildman–Crippen MR) is 114 cm³/mol. The minimum Gasteiger partial charge on any atom is -0.497 e. The molecule has 0 aliphatic heterocycles. The van der Waals surface area contributed by atoms with E-state index in [1.54, 1.807) is 24.3 Å². The van der Waals surface area contributed by atoms with Gasteiger partial charge in [-0.15, -0.1) is 0 Å². The summed E-state index contributed by atoms with van der Waals surface area (Å²) in [6, 6.07) is 15.5. The molecule has 3 rings (SSSR count). The van der Waals surface area contributed by atoms with Crippen LogP contribution in [0.4, 0.5) is 24.5 Å². The summed E-state index contributed by atoms with van der Waals surface area (Å²) in [6.45, 7) is 0. The summed E-state index contributed by atoms with van der Waals surface area (Å²) in [6.07, 6.45) is -5.03. The quantitative estimate of drug-likeness (QED) is 0.540. The largest absolute Gasteiger partial charge is 0.497 e. The maximum atomic E-state index is 13.5. The van der Waals surface area contributed by atoms with Gasteiger partial charge in [0.15, 0.2) is 0 Å². The Morgan fingerprint density at radius 3 is 2.42 bits per heavy atom. The van der Waals surface area contributed by atoms with Crippen LogP contribution in [0.15, 0.2) is 71.6 Å². The van der Waals surface area contributed by atoms with E-state index in [9.17, 15) is 26.4 Å². The SMILES string of the molecule is COc1cccc(NC(=O)c2ccccc2NS(=O)(=O)c2ccc(C#N)cc2C(F)(F)F)c1. The van der Waals surface area contributed by atoms with Crippen LogP contribution in [-0.2, 0) is 16.2 Å². The first-order chi connectivity index (χ1) is 15.5. The zero-order chi connectivity index (χ0) is 24.2. The van der Waals surface area contributed by atoms with Gasteiger partial charge in [0.1, 0.15) is 5.75 Å². The van der Waals surface area contributed by atoms with Gasteiger partial charge in [0.2, 0.25) is 0 Å². The second-order valence-corrected chi connectivity index (χ2v) is 8.31. The van der Waals surface area contributed by atoms with Crippen molar-refractivity contribution in [3.8, 4) is 11.8 Å². The molecule has 0 saturated heterocycles. The fraction of sp³-hybridized carbons (Fsp3) is 0.0909. The van der Waals surface area contributed by atoms with Crippen LogP contribution in [0.25, 0.3) is 0 Å². The molecule has 170 valence electrons. The lowest BCUT2D eigenvalue weighted by Gasteiger charge is -2.16. The van der Waals surface area contributed by atoms with E-state index in [4.69, 9.17) is 10.00 Å². The molecule has 3 aromatic carbocycles. The fourth-order valence-electron chi connectivity index (χ4n) is 2.92. The van der Waals surface area contributed by atoms with Crippen LogP contribution in [0.3, 0.4) is 0 Å². The number of methoxy groups -OCH3 is 1. The average molecular weight is 475 g/mol. The first-order valence-electron chi connectivity index (χ1n) is 9.24. The molecule has 1 amide bonds. The van der Waals surface area contributed by atoms with Crippen molar-refractivity contribution in [1.29, 1.82) is 5.26 Å². The predicted octanol–water partition coefficient (Wildman–Crippen LogP) is 4.64. The number of sulfonamides is 1. The number of nitrogens with one attached hydrogen (secondary N) is 2. The number of benzene rings is 3. The number of rotatable bonds is 6. The molecule has 0 aromatic heterocycles. The lowest BCUT2D eigenvalue weighted by atomic mass is 10.1. The molecule has 0 heterocycles. The molecule has 7 nitrogen and oxygen atoms in total. The van der Waals surface area contributed by atoms with Crippen molar-refractivity contribution in [2.75, 3.05) is 17.1 Å². The van der Waals surface area contributed by atoms with Crippen LogP contribution in [0.1, 0.15) is 21.5 Å². The third-order valence-corrected chi connectivity index (χ3v) is 5.87. The number of carbonyl (C=O) groups excluding carboxylic acids is 1. The molecule has 3 aromatic rings. The Hall–Kier alpha value is -4.04. The topological polar surface area (TPSA) is 108 Å². The Morgan fingerprint density at radius 1 is 1.03 bits per heavy atom. The summed E-state index contributed by atoms with van der Waals surface area (Å²) < 4.78 is 73.2. The van der Waals surface area contributed by atoms with Crippen LogP contribution in [0.2, 0.25) is 0 Å². The number of hydrogen-bond donors (Lipinski definition) is 2. The lowest BCUT2D eigenvalue weighted by Crippen LogP contribution is -2.21. The van der Waals surface area contributed by atoms with E-state index in [2.05, 4.69) is 5.32 Å². The zero-order valence-electron chi connectivity index (χ0n) is 17.0. The monoisotopic (exact) mass is 475 g/mol. The molecule has 0 radical (unpaired) electrons. The van der Waals surface area contributed by atoms with E-state index < -0.39 is 32.6 Å². The molecule has 0 fully saturated rings. The van der Waals surface area contributed by atoms with Gasteiger partial charge in [-0.25, -0.2) is 8.42 Å². The number of ether oxygens (including phenoxy) is 1. The molecule has 33 heavy (non-hydrogen) atoms. The summed E-state index contributed by atoms with van der Waals surface area (Å²) in [4.78, 5) is 11.7. The van der Waals surface area contributed by atoms with Crippen LogP contribution >= 0.6 is 0 Å². The minimum absolute atomic E-state index is 0.119. The van der Waals surface area contributed by atoms with E-state index in [-0.39, 0.29) is 16.8 Å². The van der Waals surface area contributed by atoms with E-state index >= 15 is 0 Å². The number of halogens is 3. The molecule has 0 aliphatic rings. The van der Waals surface area contributed by atoms with Crippen molar-refractivity contribution in [1.82, 2.24) is 0 Å². The van der Waals surface area contributed by atoms with E-state index in [1.165, 1.54) is 37.4 Å². The van der Waals surface area contributed by atoms with Crippen LogP contribution in [0.5, 0.6) is 5.75 Å². The Balaban J connectivity index is 1.97. The van der Waals surface area contributed by atoms with E-state index in [0.717, 1.165) is 6.07 Å². The van der Waals surface area contributed by atoms with Gasteiger partial charge in [-0.2, -0.15) is 18.4 Å². The van der Waals surface area contributed by atoms with Crippen molar-refractivity contribution >= 4 is 27.3 Å². The number of alkyl halides is 3. The summed E-state index contributed by atoms with van der Waals surface area (Å²) in [7, 11) is -3.32. The number of nitrogens with zero attached hydrogens (tertiary/aromatic N) is 1. The number of para-hydroxylation sites is 1. The molecule has 0 saturated carbocycles. The minimum atomic E-state index is -5.03. The van der Waals surface area contributed by atoms with Crippen molar-refractivity contribution < 1.29 is 31.1 Å². The van der Waals surface area contributed by atoms with Crippen molar-refractivity contribution in [3.05, 3.63) is 83.4 Å². The van der Waals surface area contributed by atoms with Gasteiger partial charge in [-0.1, -0.05) is 18.2 Å². The summed E-state index contributed by atoms with van der Waals surface area (Å²) in [5.41, 5.74) is -1.82. The van der Waals surface area contributed by atoms with Gasteiger partial charge >= 0.3 is 6.18 Å². The van der Waals surface area contributed by atoms with Gasteiger partial charge in [-0.05, 0) is 42.5 Å². The number of anilines is 2.